The van der Waals surface area contributed by atoms with Crippen LogP contribution >= 0.6 is 15.9 Å². The maximum absolute atomic E-state index is 9.82. The zero-order valence-corrected chi connectivity index (χ0v) is 10.1. The molecule has 0 spiro atoms. The quantitative estimate of drug-likeness (QED) is 0.874. The number of halogens is 1. The van der Waals surface area contributed by atoms with E-state index in [9.17, 15) is 5.11 Å². The Hall–Kier alpha value is -0.540. The van der Waals surface area contributed by atoms with Crippen LogP contribution in [0.5, 0.6) is 5.75 Å². The monoisotopic (exact) mass is 257 g/mol. The third-order valence-corrected chi connectivity index (χ3v) is 2.75. The Labute approximate surface area is 93.3 Å². The summed E-state index contributed by atoms with van der Waals surface area (Å²) in [6.45, 7) is 3.96. The first kappa shape index (κ1) is 11.5. The van der Waals surface area contributed by atoms with Crippen LogP contribution in [-0.2, 0) is 0 Å². The van der Waals surface area contributed by atoms with Gasteiger partial charge < -0.3 is 10.8 Å². The van der Waals surface area contributed by atoms with E-state index in [4.69, 9.17) is 5.73 Å². The number of nitrogens with two attached hydrogens (primary N) is 1. The van der Waals surface area contributed by atoms with E-state index in [0.717, 1.165) is 28.4 Å². The van der Waals surface area contributed by atoms with Gasteiger partial charge in [0.15, 0.2) is 0 Å². The molecule has 0 aromatic heterocycles. The van der Waals surface area contributed by atoms with Gasteiger partial charge in [0.05, 0.1) is 0 Å². The largest absolute Gasteiger partial charge is 0.507 e. The Morgan fingerprint density at radius 3 is 2.71 bits per heavy atom. The number of aryl methyl sites for hydroxylation is 1. The third kappa shape index (κ3) is 2.49. The van der Waals surface area contributed by atoms with E-state index in [2.05, 4.69) is 22.9 Å². The number of phenols is 1. The number of hydrogen-bond acceptors (Lipinski definition) is 2. The van der Waals surface area contributed by atoms with Gasteiger partial charge in [0.1, 0.15) is 5.75 Å². The SMILES string of the molecule is CCC[C@H](N)c1cc(Br)cc(C)c1O. The molecule has 0 aliphatic heterocycles. The summed E-state index contributed by atoms with van der Waals surface area (Å²) in [6, 6.07) is 3.70. The van der Waals surface area contributed by atoms with Crippen molar-refractivity contribution in [2.45, 2.75) is 32.7 Å². The van der Waals surface area contributed by atoms with Gasteiger partial charge in [-0.25, -0.2) is 0 Å². The molecule has 0 radical (unpaired) electrons. The Kier molecular flexibility index (Phi) is 3.96. The lowest BCUT2D eigenvalue weighted by Gasteiger charge is -2.14. The van der Waals surface area contributed by atoms with Gasteiger partial charge in [-0.2, -0.15) is 0 Å². The lowest BCUT2D eigenvalue weighted by molar-refractivity contribution is 0.454. The van der Waals surface area contributed by atoms with Crippen LogP contribution in [0.3, 0.4) is 0 Å². The second-order valence-corrected chi connectivity index (χ2v) is 4.47. The first-order chi connectivity index (χ1) is 6.56. The molecule has 0 saturated heterocycles. The predicted molar refractivity (Wildman–Crippen MR) is 62.4 cm³/mol. The third-order valence-electron chi connectivity index (χ3n) is 2.29. The molecule has 0 fully saturated rings. The van der Waals surface area contributed by atoms with Crippen LogP contribution in [0.1, 0.15) is 36.9 Å². The molecule has 1 aromatic carbocycles. The summed E-state index contributed by atoms with van der Waals surface area (Å²) in [7, 11) is 0. The maximum atomic E-state index is 9.82. The molecule has 14 heavy (non-hydrogen) atoms. The minimum atomic E-state index is -0.0730. The molecule has 1 rings (SSSR count). The van der Waals surface area contributed by atoms with Gasteiger partial charge in [0.2, 0.25) is 0 Å². The first-order valence-corrected chi connectivity index (χ1v) is 5.60. The summed E-state index contributed by atoms with van der Waals surface area (Å²) < 4.78 is 0.967. The van der Waals surface area contributed by atoms with E-state index in [0.29, 0.717) is 5.75 Å². The van der Waals surface area contributed by atoms with Gasteiger partial charge in [-0.15, -0.1) is 0 Å². The number of phenolic OH excluding ortho intramolecular Hbond substituents is 1. The van der Waals surface area contributed by atoms with Gasteiger partial charge in [0.25, 0.3) is 0 Å². The number of benzene rings is 1. The van der Waals surface area contributed by atoms with Crippen LogP contribution in [0.4, 0.5) is 0 Å². The number of rotatable bonds is 3. The van der Waals surface area contributed by atoms with E-state index in [1.54, 1.807) is 0 Å². The normalized spacial score (nSPS) is 12.9. The van der Waals surface area contributed by atoms with Crippen molar-refractivity contribution in [3.8, 4) is 5.75 Å². The first-order valence-electron chi connectivity index (χ1n) is 4.80. The van der Waals surface area contributed by atoms with E-state index in [1.165, 1.54) is 0 Å². The second kappa shape index (κ2) is 4.80. The summed E-state index contributed by atoms with van der Waals surface area (Å²) in [5.41, 5.74) is 7.66. The molecule has 0 unspecified atom stereocenters. The molecule has 3 heteroatoms. The topological polar surface area (TPSA) is 46.2 Å². The van der Waals surface area contributed by atoms with Gasteiger partial charge in [0, 0.05) is 16.1 Å². The Morgan fingerprint density at radius 2 is 2.14 bits per heavy atom. The molecule has 1 aromatic rings. The van der Waals surface area contributed by atoms with Crippen molar-refractivity contribution < 1.29 is 5.11 Å². The fraction of sp³-hybridized carbons (Fsp3) is 0.455. The summed E-state index contributed by atoms with van der Waals surface area (Å²) >= 11 is 3.40. The average Bonchev–Trinajstić information content (AvgIpc) is 2.11. The molecule has 3 N–H and O–H groups in total. The van der Waals surface area contributed by atoms with E-state index in [1.807, 2.05) is 19.1 Å². The van der Waals surface area contributed by atoms with Crippen LogP contribution in [0.15, 0.2) is 16.6 Å². The fourth-order valence-electron chi connectivity index (χ4n) is 1.51. The van der Waals surface area contributed by atoms with Crippen LogP contribution in [0, 0.1) is 6.92 Å². The minimum Gasteiger partial charge on any atom is -0.507 e. The molecule has 2 nitrogen and oxygen atoms in total. The molecule has 0 saturated carbocycles. The van der Waals surface area contributed by atoms with Crippen molar-refractivity contribution in [3.05, 3.63) is 27.7 Å². The Bertz CT molecular complexity index is 325. The molecule has 1 atom stereocenters. The van der Waals surface area contributed by atoms with Crippen molar-refractivity contribution >= 4 is 15.9 Å². The van der Waals surface area contributed by atoms with Crippen molar-refractivity contribution in [1.82, 2.24) is 0 Å². The maximum Gasteiger partial charge on any atom is 0.123 e. The van der Waals surface area contributed by atoms with Gasteiger partial charge in [-0.3, -0.25) is 0 Å². The molecular weight excluding hydrogens is 242 g/mol. The lowest BCUT2D eigenvalue weighted by atomic mass is 10.00. The highest BCUT2D eigenvalue weighted by molar-refractivity contribution is 9.10. The van der Waals surface area contributed by atoms with E-state index in [-0.39, 0.29) is 6.04 Å². The minimum absolute atomic E-state index is 0.0730. The Balaban J connectivity index is 3.07. The van der Waals surface area contributed by atoms with Gasteiger partial charge in [-0.05, 0) is 31.0 Å². The number of aromatic hydroxyl groups is 1. The van der Waals surface area contributed by atoms with Crippen LogP contribution in [-0.4, -0.2) is 5.11 Å². The molecule has 0 heterocycles. The zero-order chi connectivity index (χ0) is 10.7. The van der Waals surface area contributed by atoms with Crippen molar-refractivity contribution in [3.63, 3.8) is 0 Å². The summed E-state index contributed by atoms with van der Waals surface area (Å²) in [5.74, 6) is 0.328. The predicted octanol–water partition coefficient (Wildman–Crippen LogP) is 3.26. The lowest BCUT2D eigenvalue weighted by Crippen LogP contribution is -2.10. The van der Waals surface area contributed by atoms with Crippen LogP contribution in [0.25, 0.3) is 0 Å². The molecule has 0 aliphatic rings. The van der Waals surface area contributed by atoms with Crippen molar-refractivity contribution in [2.24, 2.45) is 5.73 Å². The highest BCUT2D eigenvalue weighted by Crippen LogP contribution is 2.31. The summed E-state index contributed by atoms with van der Waals surface area (Å²) in [6.07, 6.45) is 1.91. The van der Waals surface area contributed by atoms with Crippen LogP contribution < -0.4 is 5.73 Å². The van der Waals surface area contributed by atoms with Crippen LogP contribution in [0.2, 0.25) is 0 Å². The van der Waals surface area contributed by atoms with Gasteiger partial charge in [-0.1, -0.05) is 29.3 Å². The molecular formula is C11H16BrNO. The van der Waals surface area contributed by atoms with Crippen molar-refractivity contribution in [1.29, 1.82) is 0 Å². The van der Waals surface area contributed by atoms with E-state index < -0.39 is 0 Å². The number of hydrogen-bond donors (Lipinski definition) is 2. The average molecular weight is 258 g/mol. The fourth-order valence-corrected chi connectivity index (χ4v) is 2.10. The standard InChI is InChI=1S/C11H16BrNO/c1-3-4-10(13)9-6-8(12)5-7(2)11(9)14/h5-6,10,14H,3-4,13H2,1-2H3/t10-/m0/s1. The molecule has 0 bridgehead atoms. The molecule has 78 valence electrons. The molecule has 0 aliphatic carbocycles. The summed E-state index contributed by atoms with van der Waals surface area (Å²) in [4.78, 5) is 0. The smallest absolute Gasteiger partial charge is 0.123 e. The zero-order valence-electron chi connectivity index (χ0n) is 8.55. The molecule has 0 amide bonds. The Morgan fingerprint density at radius 1 is 1.50 bits per heavy atom. The van der Waals surface area contributed by atoms with E-state index >= 15 is 0 Å². The van der Waals surface area contributed by atoms with Crippen molar-refractivity contribution in [2.75, 3.05) is 0 Å². The van der Waals surface area contributed by atoms with Gasteiger partial charge >= 0.3 is 0 Å². The second-order valence-electron chi connectivity index (χ2n) is 3.56. The summed E-state index contributed by atoms with van der Waals surface area (Å²) in [5, 5.41) is 9.82. The highest BCUT2D eigenvalue weighted by Gasteiger charge is 2.12. The highest BCUT2D eigenvalue weighted by atomic mass is 79.9.